The number of aryl methyl sites for hydroxylation is 1. The molecule has 0 aromatic heterocycles. The van der Waals surface area contributed by atoms with E-state index in [-0.39, 0.29) is 0 Å². The summed E-state index contributed by atoms with van der Waals surface area (Å²) in [5.41, 5.74) is 8.51. The highest BCUT2D eigenvalue weighted by atomic mass is 16.5. The van der Waals surface area contributed by atoms with Gasteiger partial charge in [0.25, 0.3) is 0 Å². The van der Waals surface area contributed by atoms with Gasteiger partial charge in [0.15, 0.2) is 0 Å². The molecular formula is C11H16N2O2. The Kier molecular flexibility index (Phi) is 3.19. The van der Waals surface area contributed by atoms with Gasteiger partial charge >= 0.3 is 5.97 Å². The summed E-state index contributed by atoms with van der Waals surface area (Å²) in [4.78, 5) is 13.4. The highest BCUT2D eigenvalue weighted by Gasteiger charge is 2.13. The van der Waals surface area contributed by atoms with Crippen LogP contribution in [0.4, 0.5) is 11.4 Å². The first kappa shape index (κ1) is 11.4. The lowest BCUT2D eigenvalue weighted by atomic mass is 10.1. The molecule has 15 heavy (non-hydrogen) atoms. The van der Waals surface area contributed by atoms with Crippen molar-refractivity contribution < 1.29 is 9.53 Å². The van der Waals surface area contributed by atoms with Gasteiger partial charge in [0.2, 0.25) is 0 Å². The summed E-state index contributed by atoms with van der Waals surface area (Å²) in [7, 11) is 5.16. The number of benzene rings is 1. The fourth-order valence-corrected chi connectivity index (χ4v) is 1.32. The second-order valence-electron chi connectivity index (χ2n) is 3.61. The topological polar surface area (TPSA) is 55.6 Å². The molecule has 0 aliphatic carbocycles. The van der Waals surface area contributed by atoms with E-state index in [0.29, 0.717) is 11.3 Å². The Bertz CT molecular complexity index is 386. The van der Waals surface area contributed by atoms with Crippen LogP contribution in [-0.4, -0.2) is 27.2 Å². The third-order valence-electron chi connectivity index (χ3n) is 2.29. The van der Waals surface area contributed by atoms with E-state index in [9.17, 15) is 4.79 Å². The summed E-state index contributed by atoms with van der Waals surface area (Å²) >= 11 is 0. The zero-order valence-corrected chi connectivity index (χ0v) is 9.50. The molecule has 82 valence electrons. The van der Waals surface area contributed by atoms with Crippen LogP contribution >= 0.6 is 0 Å². The number of nitrogens with two attached hydrogens (primary N) is 1. The van der Waals surface area contributed by atoms with Crippen molar-refractivity contribution in [1.29, 1.82) is 0 Å². The van der Waals surface area contributed by atoms with E-state index < -0.39 is 5.97 Å². The highest BCUT2D eigenvalue weighted by molar-refractivity contribution is 5.97. The third-order valence-corrected chi connectivity index (χ3v) is 2.29. The molecule has 0 unspecified atom stereocenters. The molecule has 0 atom stereocenters. The SMILES string of the molecule is COC(=O)c1cc(N(C)C)cc(C)c1N. The van der Waals surface area contributed by atoms with Crippen LogP contribution in [0.3, 0.4) is 0 Å². The van der Waals surface area contributed by atoms with Crippen molar-refractivity contribution in [3.8, 4) is 0 Å². The van der Waals surface area contributed by atoms with Crippen molar-refractivity contribution in [1.82, 2.24) is 0 Å². The lowest BCUT2D eigenvalue weighted by Gasteiger charge is -2.16. The Morgan fingerprint density at radius 1 is 1.40 bits per heavy atom. The molecule has 0 aliphatic rings. The number of methoxy groups -OCH3 is 1. The van der Waals surface area contributed by atoms with Crippen LogP contribution < -0.4 is 10.6 Å². The molecule has 1 aromatic rings. The van der Waals surface area contributed by atoms with E-state index >= 15 is 0 Å². The minimum Gasteiger partial charge on any atom is -0.465 e. The van der Waals surface area contributed by atoms with Gasteiger partial charge in [0.1, 0.15) is 0 Å². The monoisotopic (exact) mass is 208 g/mol. The fraction of sp³-hybridized carbons (Fsp3) is 0.364. The van der Waals surface area contributed by atoms with Gasteiger partial charge < -0.3 is 15.4 Å². The molecule has 1 rings (SSSR count). The van der Waals surface area contributed by atoms with Crippen molar-refractivity contribution in [2.45, 2.75) is 6.92 Å². The first-order valence-corrected chi connectivity index (χ1v) is 4.63. The number of rotatable bonds is 2. The lowest BCUT2D eigenvalue weighted by molar-refractivity contribution is 0.0602. The standard InChI is InChI=1S/C11H16N2O2/c1-7-5-8(13(2)3)6-9(10(7)12)11(14)15-4/h5-6H,12H2,1-4H3. The highest BCUT2D eigenvalue weighted by Crippen LogP contribution is 2.24. The number of ether oxygens (including phenoxy) is 1. The van der Waals surface area contributed by atoms with Gasteiger partial charge in [0.05, 0.1) is 12.7 Å². The lowest BCUT2D eigenvalue weighted by Crippen LogP contribution is -2.13. The minimum atomic E-state index is -0.403. The molecule has 0 fully saturated rings. The Labute approximate surface area is 89.6 Å². The van der Waals surface area contributed by atoms with Gasteiger partial charge in [-0.2, -0.15) is 0 Å². The molecule has 0 heterocycles. The van der Waals surface area contributed by atoms with Gasteiger partial charge in [0, 0.05) is 25.5 Å². The average Bonchev–Trinajstić information content (AvgIpc) is 2.20. The normalized spacial score (nSPS) is 9.87. The second-order valence-corrected chi connectivity index (χ2v) is 3.61. The molecule has 0 aliphatic heterocycles. The molecule has 0 spiro atoms. The maximum Gasteiger partial charge on any atom is 0.340 e. The smallest absolute Gasteiger partial charge is 0.340 e. The maximum absolute atomic E-state index is 11.4. The quantitative estimate of drug-likeness (QED) is 0.590. The zero-order valence-electron chi connectivity index (χ0n) is 9.50. The molecule has 0 amide bonds. The number of anilines is 2. The van der Waals surface area contributed by atoms with Crippen LogP contribution in [0.2, 0.25) is 0 Å². The van der Waals surface area contributed by atoms with Crippen molar-refractivity contribution >= 4 is 17.3 Å². The van der Waals surface area contributed by atoms with E-state index in [2.05, 4.69) is 4.74 Å². The number of esters is 1. The van der Waals surface area contributed by atoms with Crippen molar-refractivity contribution in [3.05, 3.63) is 23.3 Å². The van der Waals surface area contributed by atoms with Gasteiger partial charge in [-0.05, 0) is 24.6 Å². The molecule has 0 radical (unpaired) electrons. The first-order chi connectivity index (χ1) is 6.97. The summed E-state index contributed by atoms with van der Waals surface area (Å²) in [6, 6.07) is 3.66. The minimum absolute atomic E-state index is 0.403. The van der Waals surface area contributed by atoms with Crippen LogP contribution in [0.1, 0.15) is 15.9 Å². The summed E-state index contributed by atoms with van der Waals surface area (Å²) in [6.07, 6.45) is 0. The van der Waals surface area contributed by atoms with Crippen LogP contribution in [-0.2, 0) is 4.74 Å². The van der Waals surface area contributed by atoms with E-state index in [1.807, 2.05) is 32.0 Å². The Morgan fingerprint density at radius 3 is 2.47 bits per heavy atom. The summed E-state index contributed by atoms with van der Waals surface area (Å²) in [6.45, 7) is 1.87. The molecule has 4 nitrogen and oxygen atoms in total. The predicted octanol–water partition coefficient (Wildman–Crippen LogP) is 1.43. The van der Waals surface area contributed by atoms with Crippen LogP contribution in [0, 0.1) is 6.92 Å². The van der Waals surface area contributed by atoms with Crippen molar-refractivity contribution in [3.63, 3.8) is 0 Å². The first-order valence-electron chi connectivity index (χ1n) is 4.63. The molecule has 1 aromatic carbocycles. The predicted molar refractivity (Wildman–Crippen MR) is 61.3 cm³/mol. The van der Waals surface area contributed by atoms with Gasteiger partial charge in [-0.25, -0.2) is 4.79 Å². The number of nitrogens with zero attached hydrogens (tertiary/aromatic N) is 1. The molecule has 2 N–H and O–H groups in total. The fourth-order valence-electron chi connectivity index (χ4n) is 1.32. The Balaban J connectivity index is 3.31. The van der Waals surface area contributed by atoms with E-state index in [1.54, 1.807) is 6.07 Å². The van der Waals surface area contributed by atoms with Gasteiger partial charge in [-0.15, -0.1) is 0 Å². The number of nitrogen functional groups attached to an aromatic ring is 1. The number of hydrogen-bond donors (Lipinski definition) is 1. The molecule has 0 saturated heterocycles. The molecular weight excluding hydrogens is 192 g/mol. The molecule has 0 saturated carbocycles. The number of carbonyl (C=O) groups excluding carboxylic acids is 1. The van der Waals surface area contributed by atoms with E-state index in [4.69, 9.17) is 5.73 Å². The summed E-state index contributed by atoms with van der Waals surface area (Å²) < 4.78 is 4.67. The van der Waals surface area contributed by atoms with E-state index in [0.717, 1.165) is 11.3 Å². The number of hydrogen-bond acceptors (Lipinski definition) is 4. The molecule has 4 heteroatoms. The maximum atomic E-state index is 11.4. The second kappa shape index (κ2) is 4.21. The van der Waals surface area contributed by atoms with Crippen molar-refractivity contribution in [2.24, 2.45) is 0 Å². The largest absolute Gasteiger partial charge is 0.465 e. The Hall–Kier alpha value is -1.71. The van der Waals surface area contributed by atoms with Crippen LogP contribution in [0.5, 0.6) is 0 Å². The Morgan fingerprint density at radius 2 is 2.00 bits per heavy atom. The zero-order chi connectivity index (χ0) is 11.6. The van der Waals surface area contributed by atoms with Crippen LogP contribution in [0.15, 0.2) is 12.1 Å². The van der Waals surface area contributed by atoms with E-state index in [1.165, 1.54) is 7.11 Å². The molecule has 0 bridgehead atoms. The third kappa shape index (κ3) is 2.21. The van der Waals surface area contributed by atoms with Crippen molar-refractivity contribution in [2.75, 3.05) is 31.8 Å². The summed E-state index contributed by atoms with van der Waals surface area (Å²) in [5.74, 6) is -0.403. The van der Waals surface area contributed by atoms with Crippen LogP contribution in [0.25, 0.3) is 0 Å². The average molecular weight is 208 g/mol. The summed E-state index contributed by atoms with van der Waals surface area (Å²) in [5, 5.41) is 0. The van der Waals surface area contributed by atoms with Gasteiger partial charge in [-0.3, -0.25) is 0 Å². The van der Waals surface area contributed by atoms with Gasteiger partial charge in [-0.1, -0.05) is 0 Å². The number of carbonyl (C=O) groups is 1.